The van der Waals surface area contributed by atoms with Gasteiger partial charge < -0.3 is 4.74 Å². The summed E-state index contributed by atoms with van der Waals surface area (Å²) in [6, 6.07) is 10.5. The van der Waals surface area contributed by atoms with E-state index in [0.717, 1.165) is 4.31 Å². The molecule has 0 saturated carbocycles. The zero-order valence-corrected chi connectivity index (χ0v) is 16.0. The number of hydrogen-bond donors (Lipinski definition) is 0. The van der Waals surface area contributed by atoms with E-state index in [0.29, 0.717) is 21.3 Å². The maximum absolute atomic E-state index is 13.0. The first-order valence-electron chi connectivity index (χ1n) is 7.45. The molecule has 0 atom stereocenters. The third-order valence-electron chi connectivity index (χ3n) is 3.41. The van der Waals surface area contributed by atoms with Crippen molar-refractivity contribution in [2.45, 2.75) is 18.7 Å². The number of anilines is 1. The highest BCUT2D eigenvalue weighted by atomic mass is 35.5. The van der Waals surface area contributed by atoms with Gasteiger partial charge in [0.05, 0.1) is 17.2 Å². The van der Waals surface area contributed by atoms with Gasteiger partial charge in [-0.15, -0.1) is 0 Å². The fourth-order valence-electron chi connectivity index (χ4n) is 2.16. The number of rotatable bonds is 6. The Bertz CT molecular complexity index is 867. The maximum atomic E-state index is 13.0. The van der Waals surface area contributed by atoms with Crippen LogP contribution in [0.1, 0.15) is 12.5 Å². The number of hydrogen-bond acceptors (Lipinski definition) is 4. The summed E-state index contributed by atoms with van der Waals surface area (Å²) in [5.41, 5.74) is 1.02. The van der Waals surface area contributed by atoms with Gasteiger partial charge in [-0.1, -0.05) is 23.2 Å². The van der Waals surface area contributed by atoms with E-state index in [-0.39, 0.29) is 11.5 Å². The minimum absolute atomic E-state index is 0.0220. The Morgan fingerprint density at radius 3 is 2.32 bits per heavy atom. The molecule has 2 aromatic carbocycles. The van der Waals surface area contributed by atoms with E-state index in [1.807, 2.05) is 0 Å². The van der Waals surface area contributed by atoms with E-state index in [4.69, 9.17) is 27.9 Å². The number of ether oxygens (including phenoxy) is 1. The molecule has 8 heteroatoms. The Kier molecular flexibility index (Phi) is 6.32. The van der Waals surface area contributed by atoms with Gasteiger partial charge in [-0.2, -0.15) is 0 Å². The maximum Gasteiger partial charge on any atom is 0.326 e. The molecule has 25 heavy (non-hydrogen) atoms. The van der Waals surface area contributed by atoms with E-state index in [1.165, 1.54) is 24.3 Å². The second-order valence-electron chi connectivity index (χ2n) is 5.20. The van der Waals surface area contributed by atoms with Crippen molar-refractivity contribution in [2.24, 2.45) is 0 Å². The van der Waals surface area contributed by atoms with Crippen LogP contribution in [0.15, 0.2) is 47.4 Å². The van der Waals surface area contributed by atoms with Gasteiger partial charge in [0.2, 0.25) is 0 Å². The molecule has 0 unspecified atom stereocenters. The topological polar surface area (TPSA) is 63.7 Å². The largest absolute Gasteiger partial charge is 0.465 e. The van der Waals surface area contributed by atoms with Gasteiger partial charge in [-0.05, 0) is 61.9 Å². The molecule has 134 valence electrons. The Morgan fingerprint density at radius 2 is 1.76 bits per heavy atom. The van der Waals surface area contributed by atoms with Crippen molar-refractivity contribution in [1.29, 1.82) is 0 Å². The lowest BCUT2D eigenvalue weighted by Crippen LogP contribution is -2.36. The predicted molar refractivity (Wildman–Crippen MR) is 98.8 cm³/mol. The third kappa shape index (κ3) is 4.66. The lowest BCUT2D eigenvalue weighted by molar-refractivity contribution is -0.141. The van der Waals surface area contributed by atoms with Gasteiger partial charge in [0.1, 0.15) is 6.54 Å². The van der Waals surface area contributed by atoms with Crippen molar-refractivity contribution in [1.82, 2.24) is 0 Å². The fourth-order valence-corrected chi connectivity index (χ4v) is 3.80. The van der Waals surface area contributed by atoms with E-state index in [1.54, 1.807) is 32.0 Å². The lowest BCUT2D eigenvalue weighted by atomic mass is 10.2. The van der Waals surface area contributed by atoms with Crippen LogP contribution in [0.2, 0.25) is 10.0 Å². The summed E-state index contributed by atoms with van der Waals surface area (Å²) in [6.45, 7) is 3.12. The van der Waals surface area contributed by atoms with Crippen LogP contribution in [0.25, 0.3) is 0 Å². The highest BCUT2D eigenvalue weighted by Crippen LogP contribution is 2.28. The Balaban J connectivity index is 2.51. The number of benzene rings is 2. The molecule has 0 bridgehead atoms. The quantitative estimate of drug-likeness (QED) is 0.684. The van der Waals surface area contributed by atoms with Gasteiger partial charge in [-0.25, -0.2) is 8.42 Å². The van der Waals surface area contributed by atoms with Crippen molar-refractivity contribution in [2.75, 3.05) is 17.5 Å². The average Bonchev–Trinajstić information content (AvgIpc) is 2.56. The number of halogens is 2. The minimum atomic E-state index is -3.98. The summed E-state index contributed by atoms with van der Waals surface area (Å²) in [5.74, 6) is -0.646. The normalized spacial score (nSPS) is 11.2. The standard InChI is InChI=1S/C17H17Cl2NO4S/c1-3-24-17(21)11-20(14-6-9-16(19)12(2)10-14)25(22,23)15-7-4-13(18)5-8-15/h4-10H,3,11H2,1-2H3. The van der Waals surface area contributed by atoms with E-state index in [2.05, 4.69) is 0 Å². The van der Waals surface area contributed by atoms with Crippen LogP contribution in [-0.4, -0.2) is 27.5 Å². The molecule has 0 saturated heterocycles. The second kappa shape index (κ2) is 8.08. The van der Waals surface area contributed by atoms with Crippen LogP contribution in [0, 0.1) is 6.92 Å². The van der Waals surface area contributed by atoms with Gasteiger partial charge in [0, 0.05) is 10.0 Å². The molecular formula is C17H17Cl2NO4S. The van der Waals surface area contributed by atoms with Crippen LogP contribution in [0.4, 0.5) is 5.69 Å². The van der Waals surface area contributed by atoms with Crippen LogP contribution in [-0.2, 0) is 19.6 Å². The van der Waals surface area contributed by atoms with E-state index >= 15 is 0 Å². The summed E-state index contributed by atoms with van der Waals surface area (Å²) in [6.07, 6.45) is 0. The van der Waals surface area contributed by atoms with Gasteiger partial charge in [0.15, 0.2) is 0 Å². The molecule has 0 aromatic heterocycles. The molecule has 0 radical (unpaired) electrons. The first-order valence-corrected chi connectivity index (χ1v) is 9.65. The number of nitrogens with zero attached hydrogens (tertiary/aromatic N) is 1. The predicted octanol–water partition coefficient (Wildman–Crippen LogP) is 4.06. The van der Waals surface area contributed by atoms with Crippen LogP contribution in [0.5, 0.6) is 0 Å². The van der Waals surface area contributed by atoms with Crippen molar-refractivity contribution < 1.29 is 17.9 Å². The number of carbonyl (C=O) groups excluding carboxylic acids is 1. The van der Waals surface area contributed by atoms with Gasteiger partial charge in [0.25, 0.3) is 10.0 Å². The molecule has 0 heterocycles. The number of carbonyl (C=O) groups is 1. The zero-order valence-electron chi connectivity index (χ0n) is 13.7. The molecular weight excluding hydrogens is 385 g/mol. The Morgan fingerprint density at radius 1 is 1.12 bits per heavy atom. The van der Waals surface area contributed by atoms with Crippen molar-refractivity contribution in [3.63, 3.8) is 0 Å². The molecule has 0 aliphatic heterocycles. The summed E-state index contributed by atoms with van der Waals surface area (Å²) in [7, 11) is -3.98. The highest BCUT2D eigenvalue weighted by molar-refractivity contribution is 7.92. The van der Waals surface area contributed by atoms with E-state index in [9.17, 15) is 13.2 Å². The third-order valence-corrected chi connectivity index (χ3v) is 5.87. The summed E-state index contributed by atoms with van der Waals surface area (Å²) >= 11 is 11.8. The molecule has 0 aliphatic carbocycles. The first kappa shape index (κ1) is 19.6. The zero-order chi connectivity index (χ0) is 18.6. The van der Waals surface area contributed by atoms with E-state index < -0.39 is 22.5 Å². The van der Waals surface area contributed by atoms with Gasteiger partial charge >= 0.3 is 5.97 Å². The summed E-state index contributed by atoms with van der Waals surface area (Å²) in [5, 5.41) is 0.918. The highest BCUT2D eigenvalue weighted by Gasteiger charge is 2.28. The number of sulfonamides is 1. The number of aryl methyl sites for hydroxylation is 1. The molecule has 2 rings (SSSR count). The molecule has 0 amide bonds. The van der Waals surface area contributed by atoms with Crippen LogP contribution in [0.3, 0.4) is 0 Å². The van der Waals surface area contributed by atoms with Crippen LogP contribution < -0.4 is 4.31 Å². The second-order valence-corrected chi connectivity index (χ2v) is 7.91. The monoisotopic (exact) mass is 401 g/mol. The fraction of sp³-hybridized carbons (Fsp3) is 0.235. The Hall–Kier alpha value is -1.76. The number of esters is 1. The molecule has 0 spiro atoms. The van der Waals surface area contributed by atoms with Crippen molar-refractivity contribution in [3.8, 4) is 0 Å². The smallest absolute Gasteiger partial charge is 0.326 e. The molecule has 0 fully saturated rings. The van der Waals surface area contributed by atoms with Gasteiger partial charge in [-0.3, -0.25) is 9.10 Å². The molecule has 0 aliphatic rings. The first-order chi connectivity index (χ1) is 11.8. The Labute approximate surface area is 157 Å². The van der Waals surface area contributed by atoms with Crippen molar-refractivity contribution >= 4 is 44.9 Å². The summed E-state index contributed by atoms with van der Waals surface area (Å²) < 4.78 is 31.9. The van der Waals surface area contributed by atoms with Crippen LogP contribution >= 0.6 is 23.2 Å². The minimum Gasteiger partial charge on any atom is -0.465 e. The SMILES string of the molecule is CCOC(=O)CN(c1ccc(Cl)c(C)c1)S(=O)(=O)c1ccc(Cl)cc1. The molecule has 5 nitrogen and oxygen atoms in total. The average molecular weight is 402 g/mol. The molecule has 2 aromatic rings. The summed E-state index contributed by atoms with van der Waals surface area (Å²) in [4.78, 5) is 12.0. The molecule has 0 N–H and O–H groups in total. The van der Waals surface area contributed by atoms with Crippen molar-refractivity contribution in [3.05, 3.63) is 58.1 Å². The lowest BCUT2D eigenvalue weighted by Gasteiger charge is -2.24.